The smallest absolute Gasteiger partial charge is 0.0364 e. The fourth-order valence-electron chi connectivity index (χ4n) is 1.22. The van der Waals surface area contributed by atoms with Crippen molar-refractivity contribution in [3.8, 4) is 0 Å². The van der Waals surface area contributed by atoms with Gasteiger partial charge in [-0.05, 0) is 19.1 Å². The molecule has 0 aliphatic rings. The highest BCUT2D eigenvalue weighted by molar-refractivity contribution is 5.45. The summed E-state index contributed by atoms with van der Waals surface area (Å²) in [4.78, 5) is 2.16. The second-order valence-electron chi connectivity index (χ2n) is 3.19. The van der Waals surface area contributed by atoms with Crippen LogP contribution in [-0.4, -0.2) is 19.6 Å². The topological polar surface area (TPSA) is 29.3 Å². The van der Waals surface area contributed by atoms with Crippen LogP contribution in [-0.2, 0) is 0 Å². The van der Waals surface area contributed by atoms with Crippen molar-refractivity contribution < 1.29 is 0 Å². The van der Waals surface area contributed by atoms with Crippen molar-refractivity contribution in [3.63, 3.8) is 0 Å². The van der Waals surface area contributed by atoms with Crippen molar-refractivity contribution in [1.29, 1.82) is 0 Å². The van der Waals surface area contributed by atoms with Crippen molar-refractivity contribution in [3.05, 3.63) is 30.3 Å². The van der Waals surface area contributed by atoms with Crippen LogP contribution < -0.4 is 10.6 Å². The van der Waals surface area contributed by atoms with Crippen LogP contribution >= 0.6 is 0 Å². The van der Waals surface area contributed by atoms with Gasteiger partial charge in [-0.3, -0.25) is 0 Å². The molecule has 0 aliphatic heterocycles. The fourth-order valence-corrected chi connectivity index (χ4v) is 1.22. The molecule has 0 unspecified atom stereocenters. The van der Waals surface area contributed by atoms with E-state index < -0.39 is 0 Å². The van der Waals surface area contributed by atoms with E-state index in [1.54, 1.807) is 0 Å². The van der Waals surface area contributed by atoms with Gasteiger partial charge in [-0.2, -0.15) is 0 Å². The normalized spacial score (nSPS) is 12.6. The van der Waals surface area contributed by atoms with Crippen LogP contribution in [0.2, 0.25) is 0 Å². The highest BCUT2D eigenvalue weighted by Gasteiger charge is 2.01. The molecule has 0 saturated carbocycles. The SMILES string of the molecule is C[C@@H](N)CN(C)c1ccccc1. The summed E-state index contributed by atoms with van der Waals surface area (Å²) in [6.45, 7) is 2.91. The first-order valence-corrected chi connectivity index (χ1v) is 4.22. The molecule has 1 aromatic rings. The van der Waals surface area contributed by atoms with Gasteiger partial charge in [0.2, 0.25) is 0 Å². The summed E-state index contributed by atoms with van der Waals surface area (Å²) in [5, 5.41) is 0. The molecule has 2 nitrogen and oxygen atoms in total. The Bertz CT molecular complexity index is 219. The summed E-state index contributed by atoms with van der Waals surface area (Å²) < 4.78 is 0. The molecule has 1 rings (SSSR count). The average Bonchev–Trinajstić information content (AvgIpc) is 2.05. The molecule has 12 heavy (non-hydrogen) atoms. The molecule has 0 radical (unpaired) electrons. The standard InChI is InChI=1S/C10H16N2/c1-9(11)8-12(2)10-6-4-3-5-7-10/h3-7,9H,8,11H2,1-2H3/t9-/m1/s1. The number of hydrogen-bond acceptors (Lipinski definition) is 2. The quantitative estimate of drug-likeness (QED) is 0.733. The van der Waals surface area contributed by atoms with E-state index in [9.17, 15) is 0 Å². The van der Waals surface area contributed by atoms with Crippen LogP contribution in [0.5, 0.6) is 0 Å². The largest absolute Gasteiger partial charge is 0.373 e. The van der Waals surface area contributed by atoms with Gasteiger partial charge < -0.3 is 10.6 Å². The van der Waals surface area contributed by atoms with Crippen molar-refractivity contribution >= 4 is 5.69 Å². The third-order valence-corrected chi connectivity index (χ3v) is 1.76. The molecule has 1 atom stereocenters. The van der Waals surface area contributed by atoms with Gasteiger partial charge in [-0.25, -0.2) is 0 Å². The highest BCUT2D eigenvalue weighted by atomic mass is 15.1. The minimum Gasteiger partial charge on any atom is -0.373 e. The van der Waals surface area contributed by atoms with Gasteiger partial charge in [0, 0.05) is 25.3 Å². The van der Waals surface area contributed by atoms with Crippen LogP contribution in [0, 0.1) is 0 Å². The molecular formula is C10H16N2. The average molecular weight is 164 g/mol. The Morgan fingerprint density at radius 1 is 1.33 bits per heavy atom. The maximum atomic E-state index is 5.69. The number of benzene rings is 1. The molecule has 0 fully saturated rings. The van der Waals surface area contributed by atoms with Crippen LogP contribution in [0.15, 0.2) is 30.3 Å². The number of para-hydroxylation sites is 1. The van der Waals surface area contributed by atoms with Crippen LogP contribution in [0.1, 0.15) is 6.92 Å². The molecule has 0 bridgehead atoms. The first-order valence-electron chi connectivity index (χ1n) is 4.22. The molecule has 66 valence electrons. The van der Waals surface area contributed by atoms with Gasteiger partial charge in [0.05, 0.1) is 0 Å². The van der Waals surface area contributed by atoms with Crippen molar-refractivity contribution in [2.24, 2.45) is 5.73 Å². The van der Waals surface area contributed by atoms with Crippen molar-refractivity contribution in [2.75, 3.05) is 18.5 Å². The Morgan fingerprint density at radius 2 is 1.92 bits per heavy atom. The predicted molar refractivity (Wildman–Crippen MR) is 53.4 cm³/mol. The van der Waals surface area contributed by atoms with Crippen LogP contribution in [0.25, 0.3) is 0 Å². The predicted octanol–water partition coefficient (Wildman–Crippen LogP) is 1.47. The first-order chi connectivity index (χ1) is 5.70. The van der Waals surface area contributed by atoms with Gasteiger partial charge in [-0.15, -0.1) is 0 Å². The number of rotatable bonds is 3. The van der Waals surface area contributed by atoms with Gasteiger partial charge >= 0.3 is 0 Å². The third kappa shape index (κ3) is 2.55. The van der Waals surface area contributed by atoms with E-state index in [4.69, 9.17) is 5.73 Å². The zero-order chi connectivity index (χ0) is 8.97. The van der Waals surface area contributed by atoms with Gasteiger partial charge in [0.25, 0.3) is 0 Å². The zero-order valence-electron chi connectivity index (χ0n) is 7.70. The molecular weight excluding hydrogens is 148 g/mol. The van der Waals surface area contributed by atoms with Gasteiger partial charge in [0.15, 0.2) is 0 Å². The maximum Gasteiger partial charge on any atom is 0.0364 e. The molecule has 2 N–H and O–H groups in total. The molecule has 0 aliphatic carbocycles. The van der Waals surface area contributed by atoms with E-state index in [-0.39, 0.29) is 6.04 Å². The Hall–Kier alpha value is -1.02. The van der Waals surface area contributed by atoms with E-state index in [0.29, 0.717) is 0 Å². The number of nitrogens with zero attached hydrogens (tertiary/aromatic N) is 1. The van der Waals surface area contributed by atoms with Crippen molar-refractivity contribution in [1.82, 2.24) is 0 Å². The van der Waals surface area contributed by atoms with E-state index in [1.807, 2.05) is 25.1 Å². The minimum atomic E-state index is 0.218. The summed E-state index contributed by atoms with van der Waals surface area (Å²) in [7, 11) is 2.05. The fraction of sp³-hybridized carbons (Fsp3) is 0.400. The van der Waals surface area contributed by atoms with Crippen LogP contribution in [0.4, 0.5) is 5.69 Å². The molecule has 0 saturated heterocycles. The summed E-state index contributed by atoms with van der Waals surface area (Å²) in [5.74, 6) is 0. The van der Waals surface area contributed by atoms with Gasteiger partial charge in [0.1, 0.15) is 0 Å². The monoisotopic (exact) mass is 164 g/mol. The second kappa shape index (κ2) is 4.12. The Labute approximate surface area is 74.0 Å². The van der Waals surface area contributed by atoms with E-state index >= 15 is 0 Å². The minimum absolute atomic E-state index is 0.218. The van der Waals surface area contributed by atoms with E-state index in [1.165, 1.54) is 5.69 Å². The number of likely N-dealkylation sites (N-methyl/N-ethyl adjacent to an activating group) is 1. The summed E-state index contributed by atoms with van der Waals surface area (Å²) in [6, 6.07) is 10.5. The molecule has 0 heterocycles. The molecule has 2 heteroatoms. The lowest BCUT2D eigenvalue weighted by Gasteiger charge is -2.20. The number of anilines is 1. The Kier molecular flexibility index (Phi) is 3.11. The molecule has 0 aromatic heterocycles. The maximum absolute atomic E-state index is 5.69. The Balaban J connectivity index is 2.59. The number of nitrogens with two attached hydrogens (primary N) is 1. The summed E-state index contributed by atoms with van der Waals surface area (Å²) >= 11 is 0. The lowest BCUT2D eigenvalue weighted by molar-refractivity contribution is 0.718. The summed E-state index contributed by atoms with van der Waals surface area (Å²) in [6.07, 6.45) is 0. The summed E-state index contributed by atoms with van der Waals surface area (Å²) in [5.41, 5.74) is 6.91. The Morgan fingerprint density at radius 3 is 2.42 bits per heavy atom. The zero-order valence-corrected chi connectivity index (χ0v) is 7.70. The van der Waals surface area contributed by atoms with Gasteiger partial charge in [-0.1, -0.05) is 18.2 Å². The van der Waals surface area contributed by atoms with Crippen molar-refractivity contribution in [2.45, 2.75) is 13.0 Å². The highest BCUT2D eigenvalue weighted by Crippen LogP contribution is 2.10. The van der Waals surface area contributed by atoms with Crippen LogP contribution in [0.3, 0.4) is 0 Å². The molecule has 0 spiro atoms. The van der Waals surface area contributed by atoms with E-state index in [0.717, 1.165) is 6.54 Å². The molecule has 0 amide bonds. The van der Waals surface area contributed by atoms with E-state index in [2.05, 4.69) is 24.1 Å². The third-order valence-electron chi connectivity index (χ3n) is 1.76. The lowest BCUT2D eigenvalue weighted by atomic mass is 10.2. The second-order valence-corrected chi connectivity index (χ2v) is 3.19. The number of hydrogen-bond donors (Lipinski definition) is 1. The lowest BCUT2D eigenvalue weighted by Crippen LogP contribution is -2.32. The first kappa shape index (κ1) is 9.07. The molecule has 1 aromatic carbocycles.